The molecule has 0 spiro atoms. The van der Waals surface area contributed by atoms with E-state index >= 15 is 0 Å². The fraction of sp³-hybridized carbons (Fsp3) is 0.273. The van der Waals surface area contributed by atoms with Crippen LogP contribution in [-0.4, -0.2) is 46.8 Å². The van der Waals surface area contributed by atoms with Crippen LogP contribution in [0.1, 0.15) is 21.7 Å². The number of halogens is 1. The summed E-state index contributed by atoms with van der Waals surface area (Å²) in [5, 5.41) is 4.43. The molecule has 1 saturated heterocycles. The molecule has 4 rings (SSSR count). The molecule has 2 aromatic carbocycles. The molecule has 144 valence electrons. The van der Waals surface area contributed by atoms with E-state index in [-0.39, 0.29) is 11.7 Å². The molecule has 0 atom stereocenters. The number of aryl methyl sites for hydroxylation is 2. The van der Waals surface area contributed by atoms with Gasteiger partial charge in [-0.15, -0.1) is 0 Å². The van der Waals surface area contributed by atoms with E-state index in [9.17, 15) is 9.18 Å². The monoisotopic (exact) mass is 378 g/mol. The van der Waals surface area contributed by atoms with E-state index in [4.69, 9.17) is 0 Å². The van der Waals surface area contributed by atoms with Gasteiger partial charge < -0.3 is 9.80 Å². The summed E-state index contributed by atoms with van der Waals surface area (Å²) in [4.78, 5) is 17.3. The average Bonchev–Trinajstić information content (AvgIpc) is 3.10. The van der Waals surface area contributed by atoms with Gasteiger partial charge in [-0.1, -0.05) is 12.1 Å². The lowest BCUT2D eigenvalue weighted by molar-refractivity contribution is 0.0737. The van der Waals surface area contributed by atoms with Crippen LogP contribution in [0.2, 0.25) is 0 Å². The van der Waals surface area contributed by atoms with Crippen LogP contribution in [0.5, 0.6) is 0 Å². The first-order valence-electron chi connectivity index (χ1n) is 9.45. The molecule has 3 aromatic rings. The van der Waals surface area contributed by atoms with Crippen LogP contribution in [0.3, 0.4) is 0 Å². The second kappa shape index (κ2) is 7.46. The van der Waals surface area contributed by atoms with Gasteiger partial charge in [-0.3, -0.25) is 4.79 Å². The summed E-state index contributed by atoms with van der Waals surface area (Å²) in [6.45, 7) is 6.83. The molecule has 0 aliphatic carbocycles. The first-order valence-corrected chi connectivity index (χ1v) is 9.45. The van der Waals surface area contributed by atoms with Gasteiger partial charge in [-0.2, -0.15) is 5.10 Å². The number of rotatable bonds is 3. The second-order valence-electron chi connectivity index (χ2n) is 7.18. The van der Waals surface area contributed by atoms with Gasteiger partial charge in [-0.25, -0.2) is 9.07 Å². The number of hydrogen-bond acceptors (Lipinski definition) is 3. The van der Waals surface area contributed by atoms with Crippen molar-refractivity contribution in [2.24, 2.45) is 0 Å². The van der Waals surface area contributed by atoms with Crippen molar-refractivity contribution in [2.45, 2.75) is 13.8 Å². The van der Waals surface area contributed by atoms with Crippen LogP contribution < -0.4 is 4.90 Å². The fourth-order valence-corrected chi connectivity index (χ4v) is 3.59. The Balaban J connectivity index is 1.51. The largest absolute Gasteiger partial charge is 0.368 e. The SMILES string of the molecule is Cc1cccc(N2CCN(C(=O)c3cc(C)nn3-c3ccc(F)cc3)CC2)c1. The Morgan fingerprint density at radius 2 is 1.64 bits per heavy atom. The van der Waals surface area contributed by atoms with Crippen LogP contribution in [0, 0.1) is 19.7 Å². The Morgan fingerprint density at radius 1 is 0.929 bits per heavy atom. The first-order chi connectivity index (χ1) is 13.5. The van der Waals surface area contributed by atoms with E-state index in [1.807, 2.05) is 11.8 Å². The smallest absolute Gasteiger partial charge is 0.272 e. The molecular weight excluding hydrogens is 355 g/mol. The van der Waals surface area contributed by atoms with Crippen molar-refractivity contribution in [3.05, 3.63) is 77.4 Å². The van der Waals surface area contributed by atoms with Crippen LogP contribution in [-0.2, 0) is 0 Å². The quantitative estimate of drug-likeness (QED) is 0.699. The van der Waals surface area contributed by atoms with Crippen molar-refractivity contribution in [1.82, 2.24) is 14.7 Å². The molecule has 1 aliphatic heterocycles. The molecule has 0 saturated carbocycles. The number of carbonyl (C=O) groups is 1. The summed E-state index contributed by atoms with van der Waals surface area (Å²) < 4.78 is 14.9. The lowest BCUT2D eigenvalue weighted by Crippen LogP contribution is -2.49. The third-order valence-corrected chi connectivity index (χ3v) is 5.06. The number of aromatic nitrogens is 2. The number of hydrogen-bond donors (Lipinski definition) is 0. The zero-order chi connectivity index (χ0) is 19.7. The highest BCUT2D eigenvalue weighted by Gasteiger charge is 2.25. The summed E-state index contributed by atoms with van der Waals surface area (Å²) in [7, 11) is 0. The molecule has 6 heteroatoms. The predicted molar refractivity (Wildman–Crippen MR) is 108 cm³/mol. The minimum absolute atomic E-state index is 0.0474. The summed E-state index contributed by atoms with van der Waals surface area (Å²) in [6, 6.07) is 16.2. The van der Waals surface area contributed by atoms with Crippen LogP contribution in [0.4, 0.5) is 10.1 Å². The summed E-state index contributed by atoms with van der Waals surface area (Å²) in [5.41, 5.74) is 4.37. The number of carbonyl (C=O) groups excluding carboxylic acids is 1. The van der Waals surface area contributed by atoms with Gasteiger partial charge in [0, 0.05) is 31.9 Å². The van der Waals surface area contributed by atoms with Gasteiger partial charge in [0.15, 0.2) is 0 Å². The molecule has 2 heterocycles. The fourth-order valence-electron chi connectivity index (χ4n) is 3.59. The summed E-state index contributed by atoms with van der Waals surface area (Å²) in [6.07, 6.45) is 0. The van der Waals surface area contributed by atoms with Gasteiger partial charge in [0.1, 0.15) is 11.5 Å². The zero-order valence-electron chi connectivity index (χ0n) is 16.1. The molecule has 0 bridgehead atoms. The molecule has 1 fully saturated rings. The molecule has 0 radical (unpaired) electrons. The second-order valence-corrected chi connectivity index (χ2v) is 7.18. The van der Waals surface area contributed by atoms with E-state index < -0.39 is 0 Å². The number of benzene rings is 2. The van der Waals surface area contributed by atoms with Crippen LogP contribution in [0.15, 0.2) is 54.6 Å². The highest BCUT2D eigenvalue weighted by molar-refractivity contribution is 5.93. The standard InChI is InChI=1S/C22H23FN4O/c1-16-4-3-5-20(14-16)25-10-12-26(13-11-25)22(28)21-15-17(2)24-27(21)19-8-6-18(23)7-9-19/h3-9,14-15H,10-13H2,1-2H3. The van der Waals surface area contributed by atoms with Crippen molar-refractivity contribution in [1.29, 1.82) is 0 Å². The molecule has 0 unspecified atom stereocenters. The number of piperazine rings is 1. The number of anilines is 1. The van der Waals surface area contributed by atoms with Crippen molar-refractivity contribution in [2.75, 3.05) is 31.1 Å². The van der Waals surface area contributed by atoms with Gasteiger partial charge in [0.05, 0.1) is 11.4 Å². The van der Waals surface area contributed by atoms with Gasteiger partial charge in [0.25, 0.3) is 5.91 Å². The zero-order valence-corrected chi connectivity index (χ0v) is 16.1. The topological polar surface area (TPSA) is 41.4 Å². The molecule has 1 amide bonds. The maximum absolute atomic E-state index is 13.2. The van der Waals surface area contributed by atoms with E-state index in [1.54, 1.807) is 22.9 Å². The lowest BCUT2D eigenvalue weighted by Gasteiger charge is -2.36. The molecule has 5 nitrogen and oxygen atoms in total. The Morgan fingerprint density at radius 3 is 2.32 bits per heavy atom. The van der Waals surface area contributed by atoms with Crippen molar-refractivity contribution >= 4 is 11.6 Å². The lowest BCUT2D eigenvalue weighted by atomic mass is 10.2. The Hall–Kier alpha value is -3.15. The van der Waals surface area contributed by atoms with E-state index in [1.165, 1.54) is 23.4 Å². The Kier molecular flexibility index (Phi) is 4.86. The highest BCUT2D eigenvalue weighted by Crippen LogP contribution is 2.20. The van der Waals surface area contributed by atoms with Crippen molar-refractivity contribution < 1.29 is 9.18 Å². The highest BCUT2D eigenvalue weighted by atomic mass is 19.1. The maximum atomic E-state index is 13.2. The first kappa shape index (κ1) is 18.2. The molecule has 1 aromatic heterocycles. The number of amides is 1. The molecule has 28 heavy (non-hydrogen) atoms. The molecule has 0 N–H and O–H groups in total. The van der Waals surface area contributed by atoms with Gasteiger partial charge in [0.2, 0.25) is 0 Å². The summed E-state index contributed by atoms with van der Waals surface area (Å²) >= 11 is 0. The minimum Gasteiger partial charge on any atom is -0.368 e. The van der Waals surface area contributed by atoms with E-state index in [0.717, 1.165) is 18.8 Å². The van der Waals surface area contributed by atoms with E-state index in [0.29, 0.717) is 24.5 Å². The number of nitrogens with zero attached hydrogens (tertiary/aromatic N) is 4. The predicted octanol–water partition coefficient (Wildman–Crippen LogP) is 3.59. The Bertz CT molecular complexity index is 988. The Labute approximate surface area is 164 Å². The van der Waals surface area contributed by atoms with Gasteiger partial charge >= 0.3 is 0 Å². The maximum Gasteiger partial charge on any atom is 0.272 e. The van der Waals surface area contributed by atoms with Crippen molar-refractivity contribution in [3.8, 4) is 5.69 Å². The van der Waals surface area contributed by atoms with Crippen LogP contribution in [0.25, 0.3) is 5.69 Å². The van der Waals surface area contributed by atoms with Gasteiger partial charge in [-0.05, 0) is 61.9 Å². The average molecular weight is 378 g/mol. The molecular formula is C22H23FN4O. The van der Waals surface area contributed by atoms with Crippen molar-refractivity contribution in [3.63, 3.8) is 0 Å². The van der Waals surface area contributed by atoms with Crippen LogP contribution >= 0.6 is 0 Å². The third-order valence-electron chi connectivity index (χ3n) is 5.06. The van der Waals surface area contributed by atoms with E-state index in [2.05, 4.69) is 41.2 Å². The minimum atomic E-state index is -0.312. The normalized spacial score (nSPS) is 14.4. The third kappa shape index (κ3) is 3.63. The summed E-state index contributed by atoms with van der Waals surface area (Å²) in [5.74, 6) is -0.360. The molecule has 1 aliphatic rings.